The van der Waals surface area contributed by atoms with Crippen LogP contribution in [0.5, 0.6) is 5.75 Å². The first-order chi connectivity index (χ1) is 9.79. The maximum Gasteiger partial charge on any atom is 0.338 e. The topological polar surface area (TPSA) is 95.7 Å². The summed E-state index contributed by atoms with van der Waals surface area (Å²) in [5, 5.41) is 5.15. The Hall–Kier alpha value is -1.60. The summed E-state index contributed by atoms with van der Waals surface area (Å²) in [6.07, 6.45) is 1.40. The van der Waals surface area contributed by atoms with E-state index < -0.39 is 16.0 Å². The molecule has 0 fully saturated rings. The Balaban J connectivity index is 3.08. The molecule has 0 bridgehead atoms. The van der Waals surface area contributed by atoms with E-state index in [1.807, 2.05) is 6.92 Å². The van der Waals surface area contributed by atoms with Gasteiger partial charge >= 0.3 is 5.97 Å². The van der Waals surface area contributed by atoms with Gasteiger partial charge in [0.25, 0.3) is 0 Å². The van der Waals surface area contributed by atoms with Crippen LogP contribution in [0.3, 0.4) is 0 Å². The van der Waals surface area contributed by atoms with Crippen LogP contribution in [-0.2, 0) is 14.8 Å². The van der Waals surface area contributed by atoms with E-state index in [4.69, 9.17) is 14.6 Å². The van der Waals surface area contributed by atoms with E-state index in [9.17, 15) is 13.2 Å². The number of rotatable bonds is 7. The Kier molecular flexibility index (Phi) is 6.17. The molecule has 1 aromatic rings. The van der Waals surface area contributed by atoms with Gasteiger partial charge in [-0.1, -0.05) is 13.3 Å². The molecule has 1 atom stereocenters. The van der Waals surface area contributed by atoms with Gasteiger partial charge in [-0.15, -0.1) is 0 Å². The highest BCUT2D eigenvalue weighted by Gasteiger charge is 2.20. The summed E-state index contributed by atoms with van der Waals surface area (Å²) in [7, 11) is -3.98. The molecule has 0 amide bonds. The summed E-state index contributed by atoms with van der Waals surface area (Å²) in [5.74, 6) is -0.456. The molecule has 0 spiro atoms. The lowest BCUT2D eigenvalue weighted by Gasteiger charge is -2.14. The fourth-order valence-electron chi connectivity index (χ4n) is 1.85. The number of carbonyl (C=O) groups is 1. The molecule has 1 unspecified atom stereocenters. The van der Waals surface area contributed by atoms with Gasteiger partial charge in [0.1, 0.15) is 10.6 Å². The maximum absolute atomic E-state index is 12.0. The van der Waals surface area contributed by atoms with Gasteiger partial charge in [0.2, 0.25) is 10.0 Å². The van der Waals surface area contributed by atoms with Crippen molar-refractivity contribution in [3.05, 3.63) is 23.8 Å². The molecule has 6 nitrogen and oxygen atoms in total. The van der Waals surface area contributed by atoms with Crippen LogP contribution in [0.25, 0.3) is 0 Å². The smallest absolute Gasteiger partial charge is 0.338 e. The number of primary sulfonamides is 1. The molecule has 0 saturated heterocycles. The van der Waals surface area contributed by atoms with Crippen molar-refractivity contribution < 1.29 is 22.7 Å². The number of esters is 1. The van der Waals surface area contributed by atoms with E-state index in [1.165, 1.54) is 18.2 Å². The average molecular weight is 315 g/mol. The zero-order valence-electron chi connectivity index (χ0n) is 12.5. The molecule has 0 aliphatic heterocycles. The van der Waals surface area contributed by atoms with Crippen LogP contribution in [0, 0.1) is 0 Å². The second-order valence-electron chi connectivity index (χ2n) is 4.64. The Morgan fingerprint density at radius 1 is 1.33 bits per heavy atom. The van der Waals surface area contributed by atoms with Gasteiger partial charge in [-0.2, -0.15) is 0 Å². The molecule has 0 saturated carbocycles. The second-order valence-corrected chi connectivity index (χ2v) is 6.17. The number of nitrogens with two attached hydrogens (primary N) is 1. The predicted octanol–water partition coefficient (Wildman–Crippen LogP) is 2.08. The quantitative estimate of drug-likeness (QED) is 0.777. The van der Waals surface area contributed by atoms with Crippen molar-refractivity contribution in [3.63, 3.8) is 0 Å². The SMILES string of the molecule is CCCC(C)OC(=O)c1ccc(OCC)c(S(N)(=O)=O)c1. The van der Waals surface area contributed by atoms with Crippen molar-refractivity contribution in [2.75, 3.05) is 6.61 Å². The van der Waals surface area contributed by atoms with Crippen molar-refractivity contribution in [1.82, 2.24) is 0 Å². The number of carbonyl (C=O) groups excluding carboxylic acids is 1. The van der Waals surface area contributed by atoms with Crippen LogP contribution in [-0.4, -0.2) is 27.1 Å². The molecule has 1 rings (SSSR count). The Morgan fingerprint density at radius 3 is 2.52 bits per heavy atom. The summed E-state index contributed by atoms with van der Waals surface area (Å²) in [6.45, 7) is 5.79. The van der Waals surface area contributed by atoms with Gasteiger partial charge in [-0.05, 0) is 38.5 Å². The number of ether oxygens (including phenoxy) is 2. The monoisotopic (exact) mass is 315 g/mol. The molecule has 0 aliphatic rings. The fourth-order valence-corrected chi connectivity index (χ4v) is 2.55. The molecule has 0 radical (unpaired) electrons. The molecule has 21 heavy (non-hydrogen) atoms. The van der Waals surface area contributed by atoms with Crippen molar-refractivity contribution in [3.8, 4) is 5.75 Å². The maximum atomic E-state index is 12.0. The highest BCUT2D eigenvalue weighted by atomic mass is 32.2. The van der Waals surface area contributed by atoms with E-state index >= 15 is 0 Å². The largest absolute Gasteiger partial charge is 0.492 e. The third-order valence-electron chi connectivity index (χ3n) is 2.79. The lowest BCUT2D eigenvalue weighted by Crippen LogP contribution is -2.17. The lowest BCUT2D eigenvalue weighted by molar-refractivity contribution is 0.0323. The van der Waals surface area contributed by atoms with Crippen LogP contribution < -0.4 is 9.88 Å². The van der Waals surface area contributed by atoms with Crippen LogP contribution in [0.2, 0.25) is 0 Å². The van der Waals surface area contributed by atoms with Crippen molar-refractivity contribution >= 4 is 16.0 Å². The van der Waals surface area contributed by atoms with Gasteiger partial charge in [0.15, 0.2) is 0 Å². The first kappa shape index (κ1) is 17.5. The third-order valence-corrected chi connectivity index (χ3v) is 3.72. The highest BCUT2D eigenvalue weighted by molar-refractivity contribution is 7.89. The standard InChI is InChI=1S/C14H21NO5S/c1-4-6-10(3)20-14(16)11-7-8-12(19-5-2)13(9-11)21(15,17)18/h7-10H,4-6H2,1-3H3,(H2,15,17,18). The molecule has 118 valence electrons. The summed E-state index contributed by atoms with van der Waals surface area (Å²) in [4.78, 5) is 11.8. The van der Waals surface area contributed by atoms with E-state index in [0.717, 1.165) is 12.8 Å². The van der Waals surface area contributed by atoms with Crippen molar-refractivity contribution in [2.45, 2.75) is 44.6 Å². The summed E-state index contributed by atoms with van der Waals surface area (Å²) >= 11 is 0. The van der Waals surface area contributed by atoms with E-state index in [-0.39, 0.29) is 22.3 Å². The molecule has 0 aliphatic carbocycles. The molecule has 1 aromatic carbocycles. The average Bonchev–Trinajstić information content (AvgIpc) is 2.38. The highest BCUT2D eigenvalue weighted by Crippen LogP contribution is 2.24. The number of benzene rings is 1. The minimum absolute atomic E-state index is 0.123. The third kappa shape index (κ3) is 5.02. The van der Waals surface area contributed by atoms with Gasteiger partial charge in [-0.3, -0.25) is 0 Å². The molecule has 0 heterocycles. The zero-order chi connectivity index (χ0) is 16.0. The molecule has 0 aromatic heterocycles. The van der Waals surface area contributed by atoms with E-state index in [2.05, 4.69) is 0 Å². The molecule has 2 N–H and O–H groups in total. The number of hydrogen-bond donors (Lipinski definition) is 1. The molecular weight excluding hydrogens is 294 g/mol. The summed E-state index contributed by atoms with van der Waals surface area (Å²) in [6, 6.07) is 4.05. The number of sulfonamides is 1. The molecule has 7 heteroatoms. The Labute approximate surface area is 125 Å². The number of hydrogen-bond acceptors (Lipinski definition) is 5. The summed E-state index contributed by atoms with van der Waals surface area (Å²) in [5.41, 5.74) is 0.130. The minimum Gasteiger partial charge on any atom is -0.492 e. The van der Waals surface area contributed by atoms with Gasteiger partial charge in [0, 0.05) is 0 Å². The van der Waals surface area contributed by atoms with Crippen molar-refractivity contribution in [1.29, 1.82) is 0 Å². The predicted molar refractivity (Wildman–Crippen MR) is 78.8 cm³/mol. The fraction of sp³-hybridized carbons (Fsp3) is 0.500. The first-order valence-electron chi connectivity index (χ1n) is 6.80. The van der Waals surface area contributed by atoms with Crippen LogP contribution >= 0.6 is 0 Å². The normalized spacial score (nSPS) is 12.8. The molecular formula is C14H21NO5S. The minimum atomic E-state index is -3.98. The zero-order valence-corrected chi connectivity index (χ0v) is 13.3. The van der Waals surface area contributed by atoms with Crippen LogP contribution in [0.4, 0.5) is 0 Å². The van der Waals surface area contributed by atoms with E-state index in [0.29, 0.717) is 6.61 Å². The first-order valence-corrected chi connectivity index (χ1v) is 8.34. The van der Waals surface area contributed by atoms with Gasteiger partial charge < -0.3 is 9.47 Å². The van der Waals surface area contributed by atoms with Crippen LogP contribution in [0.1, 0.15) is 44.0 Å². The lowest BCUT2D eigenvalue weighted by atomic mass is 10.2. The van der Waals surface area contributed by atoms with E-state index in [1.54, 1.807) is 13.8 Å². The van der Waals surface area contributed by atoms with Crippen LogP contribution in [0.15, 0.2) is 23.1 Å². The van der Waals surface area contributed by atoms with Gasteiger partial charge in [-0.25, -0.2) is 18.4 Å². The Bertz CT molecular complexity index is 597. The van der Waals surface area contributed by atoms with Crippen molar-refractivity contribution in [2.24, 2.45) is 5.14 Å². The Morgan fingerprint density at radius 2 is 2.00 bits per heavy atom. The summed E-state index contributed by atoms with van der Waals surface area (Å²) < 4.78 is 33.6. The van der Waals surface area contributed by atoms with Gasteiger partial charge in [0.05, 0.1) is 18.3 Å². The second kappa shape index (κ2) is 7.42.